The zero-order valence-electron chi connectivity index (χ0n) is 26.3. The second-order valence-corrected chi connectivity index (χ2v) is 11.4. The smallest absolute Gasteiger partial charge is 0.306 e. The van der Waals surface area contributed by atoms with Gasteiger partial charge in [-0.25, -0.2) is 0 Å². The van der Waals surface area contributed by atoms with E-state index in [4.69, 9.17) is 19.7 Å². The van der Waals surface area contributed by atoms with Crippen LogP contribution in [0.25, 0.3) is 0 Å². The number of ketones is 2. The highest BCUT2D eigenvalue weighted by atomic mass is 16.5. The van der Waals surface area contributed by atoms with Crippen LogP contribution in [0.3, 0.4) is 0 Å². The quantitative estimate of drug-likeness (QED) is 0.0858. The average molecular weight is 643 g/mol. The van der Waals surface area contributed by atoms with E-state index in [2.05, 4.69) is 10.6 Å². The highest BCUT2D eigenvalue weighted by Crippen LogP contribution is 2.31. The minimum atomic E-state index is -1.20. The van der Waals surface area contributed by atoms with Gasteiger partial charge in [-0.15, -0.1) is 0 Å². The summed E-state index contributed by atoms with van der Waals surface area (Å²) in [5, 5.41) is 32.8. The lowest BCUT2D eigenvalue weighted by atomic mass is 9.78. The van der Waals surface area contributed by atoms with Crippen molar-refractivity contribution in [1.29, 1.82) is 0 Å². The number of amides is 2. The van der Waals surface area contributed by atoms with E-state index >= 15 is 0 Å². The highest BCUT2D eigenvalue weighted by molar-refractivity contribution is 5.90. The van der Waals surface area contributed by atoms with Gasteiger partial charge in [0, 0.05) is 64.2 Å². The van der Waals surface area contributed by atoms with Gasteiger partial charge in [-0.1, -0.05) is 0 Å². The van der Waals surface area contributed by atoms with Crippen LogP contribution in [0.4, 0.5) is 0 Å². The van der Waals surface area contributed by atoms with E-state index in [1.165, 1.54) is 0 Å². The molecule has 1 aliphatic carbocycles. The largest absolute Gasteiger partial charge is 0.481 e. The number of carbonyl (C=O) groups is 7. The van der Waals surface area contributed by atoms with Gasteiger partial charge in [0.05, 0.1) is 25.2 Å². The van der Waals surface area contributed by atoms with Crippen molar-refractivity contribution in [2.24, 2.45) is 17.8 Å². The van der Waals surface area contributed by atoms with Crippen LogP contribution < -0.4 is 10.6 Å². The Morgan fingerprint density at radius 3 is 2.02 bits per heavy atom. The van der Waals surface area contributed by atoms with Crippen LogP contribution in [-0.2, 0) is 43.0 Å². The molecule has 5 N–H and O–H groups in total. The molecule has 0 aromatic rings. The topological polar surface area (TPSA) is 223 Å². The molecular weight excluding hydrogens is 592 g/mol. The molecule has 1 aliphatic rings. The SMILES string of the molecule is CCOCCOCCCC(=O)[C@H](CCC(=O)O)NC(=O)CC[C@H](CC(=O)C1CCC(CNC(=O)CCCC(=O)O)CC1)C(=O)O. The third-order valence-corrected chi connectivity index (χ3v) is 7.86. The lowest BCUT2D eigenvalue weighted by Crippen LogP contribution is -2.41. The summed E-state index contributed by atoms with van der Waals surface area (Å²) in [6.07, 6.45) is 2.34. The second-order valence-electron chi connectivity index (χ2n) is 11.4. The van der Waals surface area contributed by atoms with E-state index < -0.39 is 35.8 Å². The monoisotopic (exact) mass is 642 g/mol. The minimum absolute atomic E-state index is 0.0673. The van der Waals surface area contributed by atoms with Gasteiger partial charge in [0.1, 0.15) is 5.78 Å². The third-order valence-electron chi connectivity index (χ3n) is 7.86. The summed E-state index contributed by atoms with van der Waals surface area (Å²) < 4.78 is 10.5. The van der Waals surface area contributed by atoms with Crippen LogP contribution in [0.5, 0.6) is 0 Å². The van der Waals surface area contributed by atoms with E-state index in [-0.39, 0.29) is 87.1 Å². The van der Waals surface area contributed by atoms with Crippen molar-refractivity contribution in [3.05, 3.63) is 0 Å². The summed E-state index contributed by atoms with van der Waals surface area (Å²) in [6, 6.07) is -1.02. The second kappa shape index (κ2) is 23.0. The molecule has 256 valence electrons. The first-order valence-electron chi connectivity index (χ1n) is 15.9. The molecule has 0 heterocycles. The molecule has 0 radical (unpaired) electrons. The van der Waals surface area contributed by atoms with Crippen LogP contribution in [0.15, 0.2) is 0 Å². The first kappa shape index (κ1) is 39.6. The van der Waals surface area contributed by atoms with Crippen molar-refractivity contribution in [2.75, 3.05) is 33.0 Å². The molecule has 0 aromatic heterocycles. The molecule has 2 amide bonds. The molecule has 1 rings (SSSR count). The van der Waals surface area contributed by atoms with Crippen LogP contribution in [0.1, 0.15) is 96.8 Å². The fourth-order valence-corrected chi connectivity index (χ4v) is 5.20. The Hall–Kier alpha value is -3.39. The standard InChI is InChI=1S/C31H50N2O12/c1-2-44-17-18-45-16-4-5-25(34)24(13-15-30(40)41)33-28(37)14-12-23(31(42)43)19-26(35)22-10-8-21(9-11-22)20-32-27(36)6-3-7-29(38)39/h21-24H,2-20H2,1H3,(H,32,36)(H,33,37)(H,38,39)(H,40,41)(H,42,43)/t21?,22?,23-,24+/m1/s1. The summed E-state index contributed by atoms with van der Waals surface area (Å²) in [6.45, 7) is 4.00. The Balaban J connectivity index is 2.49. The summed E-state index contributed by atoms with van der Waals surface area (Å²) >= 11 is 0. The van der Waals surface area contributed by atoms with Crippen LogP contribution in [0, 0.1) is 17.8 Å². The molecule has 14 heteroatoms. The van der Waals surface area contributed by atoms with E-state index in [1.807, 2.05) is 6.92 Å². The molecule has 0 bridgehead atoms. The zero-order valence-corrected chi connectivity index (χ0v) is 26.3. The predicted molar refractivity (Wildman–Crippen MR) is 160 cm³/mol. The number of Topliss-reactive ketones (excluding diaryl/α,β-unsaturated/α-hetero) is 2. The maximum Gasteiger partial charge on any atom is 0.306 e. The Kier molecular flexibility index (Phi) is 20.3. The molecule has 1 saturated carbocycles. The molecule has 0 spiro atoms. The van der Waals surface area contributed by atoms with Gasteiger partial charge in [-0.2, -0.15) is 0 Å². The van der Waals surface area contributed by atoms with Gasteiger partial charge in [-0.05, 0) is 64.2 Å². The lowest BCUT2D eigenvalue weighted by Gasteiger charge is -2.28. The number of carboxylic acids is 3. The summed E-state index contributed by atoms with van der Waals surface area (Å²) in [5.41, 5.74) is 0. The molecule has 0 saturated heterocycles. The van der Waals surface area contributed by atoms with Gasteiger partial charge in [0.2, 0.25) is 11.8 Å². The summed E-state index contributed by atoms with van der Waals surface area (Å²) in [7, 11) is 0. The van der Waals surface area contributed by atoms with Gasteiger partial charge in [-0.3, -0.25) is 33.6 Å². The van der Waals surface area contributed by atoms with Crippen molar-refractivity contribution in [3.8, 4) is 0 Å². The number of rotatable bonds is 26. The number of aliphatic carboxylic acids is 3. The Morgan fingerprint density at radius 1 is 0.733 bits per heavy atom. The minimum Gasteiger partial charge on any atom is -0.481 e. The number of nitrogens with one attached hydrogen (secondary N) is 2. The van der Waals surface area contributed by atoms with Crippen LogP contribution >= 0.6 is 0 Å². The lowest BCUT2D eigenvalue weighted by molar-refractivity contribution is -0.145. The maximum absolute atomic E-state index is 12.9. The molecule has 2 atom stereocenters. The van der Waals surface area contributed by atoms with Gasteiger partial charge in [0.15, 0.2) is 5.78 Å². The number of hydrogen-bond donors (Lipinski definition) is 5. The van der Waals surface area contributed by atoms with Crippen molar-refractivity contribution in [3.63, 3.8) is 0 Å². The summed E-state index contributed by atoms with van der Waals surface area (Å²) in [5.74, 6) is -5.77. The fourth-order valence-electron chi connectivity index (χ4n) is 5.20. The van der Waals surface area contributed by atoms with Gasteiger partial charge < -0.3 is 35.4 Å². The Bertz CT molecular complexity index is 978. The Morgan fingerprint density at radius 2 is 1.40 bits per heavy atom. The van der Waals surface area contributed by atoms with Crippen LogP contribution in [0.2, 0.25) is 0 Å². The molecule has 0 unspecified atom stereocenters. The van der Waals surface area contributed by atoms with E-state index in [0.717, 1.165) is 0 Å². The van der Waals surface area contributed by atoms with Gasteiger partial charge in [0.25, 0.3) is 0 Å². The van der Waals surface area contributed by atoms with Crippen molar-refractivity contribution >= 4 is 41.3 Å². The first-order chi connectivity index (χ1) is 21.4. The highest BCUT2D eigenvalue weighted by Gasteiger charge is 2.31. The number of hydrogen-bond acceptors (Lipinski definition) is 9. The number of carboxylic acid groups (broad SMARTS) is 3. The van der Waals surface area contributed by atoms with E-state index in [9.17, 15) is 38.7 Å². The number of ether oxygens (including phenoxy) is 2. The molecule has 0 aliphatic heterocycles. The number of carbonyl (C=O) groups excluding carboxylic acids is 4. The Labute approximate surface area is 264 Å². The molecule has 1 fully saturated rings. The fraction of sp³-hybridized carbons (Fsp3) is 0.774. The molecule has 14 nitrogen and oxygen atoms in total. The summed E-state index contributed by atoms with van der Waals surface area (Å²) in [4.78, 5) is 83.7. The van der Waals surface area contributed by atoms with Crippen molar-refractivity contribution < 1.29 is 58.4 Å². The normalized spacial score (nSPS) is 17.5. The average Bonchev–Trinajstić information content (AvgIpc) is 2.99. The van der Waals surface area contributed by atoms with Crippen molar-refractivity contribution in [2.45, 2.75) is 103 Å². The maximum atomic E-state index is 12.9. The predicted octanol–water partition coefficient (Wildman–Crippen LogP) is 2.36. The third kappa shape index (κ3) is 18.9. The van der Waals surface area contributed by atoms with Gasteiger partial charge >= 0.3 is 17.9 Å². The van der Waals surface area contributed by atoms with E-state index in [0.29, 0.717) is 65.1 Å². The van der Waals surface area contributed by atoms with Crippen LogP contribution in [-0.4, -0.2) is 95.6 Å². The first-order valence-corrected chi connectivity index (χ1v) is 15.9. The zero-order chi connectivity index (χ0) is 33.6. The van der Waals surface area contributed by atoms with Crippen molar-refractivity contribution in [1.82, 2.24) is 10.6 Å². The van der Waals surface area contributed by atoms with E-state index in [1.54, 1.807) is 0 Å². The molecule has 45 heavy (non-hydrogen) atoms. The molecular formula is C31H50N2O12. The molecule has 0 aromatic carbocycles.